The maximum atomic E-state index is 11.9. The molecule has 0 radical (unpaired) electrons. The molecule has 2 rings (SSSR count). The molecule has 2 aromatic rings. The lowest BCUT2D eigenvalue weighted by atomic mass is 9.86. The van der Waals surface area contributed by atoms with Crippen LogP contribution in [0.3, 0.4) is 0 Å². The van der Waals surface area contributed by atoms with Crippen molar-refractivity contribution in [3.63, 3.8) is 0 Å². The van der Waals surface area contributed by atoms with E-state index in [-0.39, 0.29) is 16.4 Å². The molecule has 0 aliphatic carbocycles. The van der Waals surface area contributed by atoms with Crippen molar-refractivity contribution in [3.05, 3.63) is 45.8 Å². The maximum Gasteiger partial charge on any atom is 0.203 e. The molecule has 3 nitrogen and oxygen atoms in total. The summed E-state index contributed by atoms with van der Waals surface area (Å²) in [6.07, 6.45) is 1.73. The second kappa shape index (κ2) is 3.84. The summed E-state index contributed by atoms with van der Waals surface area (Å²) in [5.41, 5.74) is 1.29. The number of fused-ring (bicyclic) bond motifs is 1. The fourth-order valence-electron chi connectivity index (χ4n) is 1.69. The lowest BCUT2D eigenvalue weighted by Gasteiger charge is -2.18. The summed E-state index contributed by atoms with van der Waals surface area (Å²) in [5.74, 6) is 0. The van der Waals surface area contributed by atoms with Gasteiger partial charge in [0.2, 0.25) is 5.43 Å². The number of carbonyl (C=O) groups is 1. The Balaban J connectivity index is 2.80. The fraction of sp³-hybridized carbons (Fsp3) is 0.286. The average Bonchev–Trinajstić information content (AvgIpc) is 2.28. The quantitative estimate of drug-likeness (QED) is 0.708. The molecule has 1 aromatic carbocycles. The lowest BCUT2D eigenvalue weighted by molar-refractivity contribution is 0.112. The normalized spacial score (nSPS) is 11.7. The van der Waals surface area contributed by atoms with E-state index >= 15 is 0 Å². The Morgan fingerprint density at radius 3 is 2.53 bits per heavy atom. The molecule has 0 unspecified atom stereocenters. The van der Waals surface area contributed by atoms with E-state index < -0.39 is 0 Å². The second-order valence-electron chi connectivity index (χ2n) is 5.10. The molecule has 0 amide bonds. The van der Waals surface area contributed by atoms with Crippen LogP contribution in [-0.4, -0.2) is 6.29 Å². The summed E-state index contributed by atoms with van der Waals surface area (Å²) in [7, 11) is 0. The summed E-state index contributed by atoms with van der Waals surface area (Å²) in [4.78, 5) is 22.6. The van der Waals surface area contributed by atoms with Crippen molar-refractivity contribution in [2.24, 2.45) is 0 Å². The molecule has 0 bridgehead atoms. The van der Waals surface area contributed by atoms with Crippen molar-refractivity contribution >= 4 is 17.3 Å². The minimum Gasteiger partial charge on any atom is -0.463 e. The Morgan fingerprint density at radius 1 is 1.24 bits per heavy atom. The molecule has 0 saturated heterocycles. The Kier molecular flexibility index (Phi) is 2.62. The molecular formula is C14H14O3. The molecule has 17 heavy (non-hydrogen) atoms. The van der Waals surface area contributed by atoms with Crippen molar-refractivity contribution in [2.45, 2.75) is 26.2 Å². The molecule has 1 heterocycles. The minimum atomic E-state index is -0.271. The van der Waals surface area contributed by atoms with E-state index in [1.54, 1.807) is 12.1 Å². The highest BCUT2D eigenvalue weighted by Crippen LogP contribution is 2.24. The highest BCUT2D eigenvalue weighted by Gasteiger charge is 2.15. The van der Waals surface area contributed by atoms with Gasteiger partial charge in [0.05, 0.1) is 10.9 Å². The third-order valence-electron chi connectivity index (χ3n) is 2.79. The second-order valence-corrected chi connectivity index (χ2v) is 5.10. The average molecular weight is 230 g/mol. The summed E-state index contributed by atoms with van der Waals surface area (Å²) in [5, 5.41) is 0.460. The van der Waals surface area contributed by atoms with Gasteiger partial charge in [-0.15, -0.1) is 0 Å². The molecule has 0 aliphatic rings. The van der Waals surface area contributed by atoms with Crippen LogP contribution >= 0.6 is 0 Å². The highest BCUT2D eigenvalue weighted by molar-refractivity contribution is 5.84. The number of carbonyl (C=O) groups excluding carboxylic acids is 1. The summed E-state index contributed by atoms with van der Waals surface area (Å²) < 4.78 is 5.25. The highest BCUT2D eigenvalue weighted by atomic mass is 16.3. The monoisotopic (exact) mass is 230 g/mol. The number of benzene rings is 1. The molecule has 88 valence electrons. The Hall–Kier alpha value is -1.90. The molecule has 0 atom stereocenters. The third kappa shape index (κ3) is 2.00. The molecule has 0 spiro atoms. The van der Waals surface area contributed by atoms with Crippen molar-refractivity contribution in [1.29, 1.82) is 0 Å². The zero-order valence-corrected chi connectivity index (χ0v) is 10.1. The van der Waals surface area contributed by atoms with Gasteiger partial charge in [0, 0.05) is 0 Å². The van der Waals surface area contributed by atoms with Crippen molar-refractivity contribution in [1.82, 2.24) is 0 Å². The minimum absolute atomic E-state index is 0.0438. The molecule has 3 heteroatoms. The van der Waals surface area contributed by atoms with Gasteiger partial charge in [-0.05, 0) is 23.1 Å². The maximum absolute atomic E-state index is 11.9. The number of hydrogen-bond donors (Lipinski definition) is 0. The van der Waals surface area contributed by atoms with E-state index in [1.807, 2.05) is 6.07 Å². The van der Waals surface area contributed by atoms with Crippen LogP contribution in [0.2, 0.25) is 0 Å². The van der Waals surface area contributed by atoms with Gasteiger partial charge in [-0.3, -0.25) is 9.59 Å². The number of rotatable bonds is 1. The van der Waals surface area contributed by atoms with E-state index in [2.05, 4.69) is 20.8 Å². The molecular weight excluding hydrogens is 216 g/mol. The van der Waals surface area contributed by atoms with Crippen molar-refractivity contribution in [2.75, 3.05) is 0 Å². The van der Waals surface area contributed by atoms with E-state index in [0.29, 0.717) is 17.3 Å². The lowest BCUT2D eigenvalue weighted by Crippen LogP contribution is -2.13. The largest absolute Gasteiger partial charge is 0.463 e. The van der Waals surface area contributed by atoms with Crippen molar-refractivity contribution < 1.29 is 9.21 Å². The van der Waals surface area contributed by atoms with Gasteiger partial charge in [-0.2, -0.15) is 0 Å². The van der Waals surface area contributed by atoms with Crippen LogP contribution in [0.5, 0.6) is 0 Å². The van der Waals surface area contributed by atoms with Gasteiger partial charge >= 0.3 is 0 Å². The van der Waals surface area contributed by atoms with Crippen LogP contribution in [0.15, 0.2) is 33.7 Å². The van der Waals surface area contributed by atoms with Crippen LogP contribution in [0, 0.1) is 0 Å². The van der Waals surface area contributed by atoms with E-state index in [0.717, 1.165) is 5.56 Å². The van der Waals surface area contributed by atoms with Gasteiger partial charge in [-0.1, -0.05) is 26.8 Å². The van der Waals surface area contributed by atoms with Crippen LogP contribution < -0.4 is 5.43 Å². The van der Waals surface area contributed by atoms with Gasteiger partial charge < -0.3 is 4.42 Å². The predicted molar refractivity (Wildman–Crippen MR) is 66.6 cm³/mol. The number of aldehydes is 1. The van der Waals surface area contributed by atoms with Crippen LogP contribution in [0.4, 0.5) is 0 Å². The molecule has 1 aromatic heterocycles. The first-order chi connectivity index (χ1) is 7.93. The molecule has 0 aliphatic heterocycles. The first-order valence-electron chi connectivity index (χ1n) is 5.45. The zero-order chi connectivity index (χ0) is 12.6. The topological polar surface area (TPSA) is 47.3 Å². The van der Waals surface area contributed by atoms with Crippen LogP contribution in [0.1, 0.15) is 36.7 Å². The standard InChI is InChI=1S/C14H14O3/c1-14(2,3)10-4-5-12-11(6-10)13(16)9(7-15)8-17-12/h4-8H,1-3H3. The van der Waals surface area contributed by atoms with Gasteiger partial charge in [0.15, 0.2) is 6.29 Å². The Bertz CT molecular complexity index is 630. The van der Waals surface area contributed by atoms with Gasteiger partial charge in [-0.25, -0.2) is 0 Å². The van der Waals surface area contributed by atoms with Crippen molar-refractivity contribution in [3.8, 4) is 0 Å². The molecule has 0 saturated carbocycles. The zero-order valence-electron chi connectivity index (χ0n) is 10.1. The van der Waals surface area contributed by atoms with Gasteiger partial charge in [0.25, 0.3) is 0 Å². The number of hydrogen-bond acceptors (Lipinski definition) is 3. The van der Waals surface area contributed by atoms with Gasteiger partial charge in [0.1, 0.15) is 11.8 Å². The SMILES string of the molecule is CC(C)(C)c1ccc2occ(C=O)c(=O)c2c1. The summed E-state index contributed by atoms with van der Waals surface area (Å²) in [6.45, 7) is 6.21. The smallest absolute Gasteiger partial charge is 0.203 e. The third-order valence-corrected chi connectivity index (χ3v) is 2.79. The van der Waals surface area contributed by atoms with E-state index in [9.17, 15) is 9.59 Å². The summed E-state index contributed by atoms with van der Waals surface area (Å²) >= 11 is 0. The van der Waals surface area contributed by atoms with Crippen LogP contribution in [0.25, 0.3) is 11.0 Å². The van der Waals surface area contributed by atoms with E-state index in [1.165, 1.54) is 6.26 Å². The molecule has 0 N–H and O–H groups in total. The molecule has 0 fully saturated rings. The Labute approximate surface area is 99.1 Å². The fourth-order valence-corrected chi connectivity index (χ4v) is 1.69. The van der Waals surface area contributed by atoms with Crippen LogP contribution in [-0.2, 0) is 5.41 Å². The summed E-state index contributed by atoms with van der Waals surface area (Å²) in [6, 6.07) is 5.51. The van der Waals surface area contributed by atoms with E-state index in [4.69, 9.17) is 4.42 Å². The first-order valence-corrected chi connectivity index (χ1v) is 5.45. The predicted octanol–water partition coefficient (Wildman–Crippen LogP) is 2.90. The first kappa shape index (κ1) is 11.6. The Morgan fingerprint density at radius 2 is 1.94 bits per heavy atom.